The Morgan fingerprint density at radius 2 is 1.67 bits per heavy atom. The molecule has 15 atom stereocenters. The highest BCUT2D eigenvalue weighted by Gasteiger charge is 2.89. The second-order valence-electron chi connectivity index (χ2n) is 11.5. The number of hydrogen-bond donors (Lipinski definition) is 6. The summed E-state index contributed by atoms with van der Waals surface area (Å²) in [5.41, 5.74) is -4.83. The zero-order chi connectivity index (χ0) is 23.7. The van der Waals surface area contributed by atoms with Gasteiger partial charge in [-0.1, -0.05) is 0 Å². The van der Waals surface area contributed by atoms with E-state index in [-0.39, 0.29) is 25.0 Å². The van der Waals surface area contributed by atoms with E-state index >= 15 is 0 Å². The van der Waals surface area contributed by atoms with E-state index in [1.165, 1.54) is 7.11 Å². The van der Waals surface area contributed by atoms with E-state index in [4.69, 9.17) is 18.9 Å². The maximum absolute atomic E-state index is 12.4. The van der Waals surface area contributed by atoms with Crippen LogP contribution < -0.4 is 5.32 Å². The smallest absolute Gasteiger partial charge is 0.120 e. The van der Waals surface area contributed by atoms with Gasteiger partial charge >= 0.3 is 0 Å². The molecule has 6 N–H and O–H groups in total. The van der Waals surface area contributed by atoms with E-state index in [0.29, 0.717) is 13.0 Å². The van der Waals surface area contributed by atoms with Crippen molar-refractivity contribution in [3.05, 3.63) is 0 Å². The minimum absolute atomic E-state index is 0.146. The molecule has 6 aliphatic rings. The highest BCUT2D eigenvalue weighted by atomic mass is 16.5. The Labute approximate surface area is 193 Å². The molecule has 1 spiro atoms. The lowest BCUT2D eigenvalue weighted by molar-refractivity contribution is -0.307. The molecule has 1 saturated heterocycles. The largest absolute Gasteiger partial charge is 0.392 e. The van der Waals surface area contributed by atoms with Gasteiger partial charge in [0.15, 0.2) is 0 Å². The SMILES string of the molecule is COC[C@]12CN[C@@H]3[C@@H]4[C@H](OC)[C@H]1[C@@]3([C@@H](OC)C[C@H]2O)[C@@H]1C[C@@]2(O)[C@H](O)[C@@H]1[C@]4(O)[C@@H](O)[C@@H]2OC. The van der Waals surface area contributed by atoms with Crippen molar-refractivity contribution in [3.63, 3.8) is 0 Å². The van der Waals surface area contributed by atoms with Crippen LogP contribution in [0.1, 0.15) is 12.8 Å². The van der Waals surface area contributed by atoms with E-state index in [0.717, 1.165) is 0 Å². The summed E-state index contributed by atoms with van der Waals surface area (Å²) < 4.78 is 23.4. The molecule has 5 saturated carbocycles. The number of ether oxygens (including phenoxy) is 4. The monoisotopic (exact) mass is 471 g/mol. The summed E-state index contributed by atoms with van der Waals surface area (Å²) in [4.78, 5) is 0. The third kappa shape index (κ3) is 2.11. The fourth-order valence-electron chi connectivity index (χ4n) is 10.4. The fourth-order valence-corrected chi connectivity index (χ4v) is 10.4. The number of nitrogens with one attached hydrogen (secondary N) is 1. The van der Waals surface area contributed by atoms with Crippen LogP contribution in [0.3, 0.4) is 0 Å². The molecule has 6 fully saturated rings. The first-order valence-electron chi connectivity index (χ1n) is 12.0. The third-order valence-electron chi connectivity index (χ3n) is 11.1. The van der Waals surface area contributed by atoms with Gasteiger partial charge in [-0.05, 0) is 12.3 Å². The Kier molecular flexibility index (Phi) is 4.80. The summed E-state index contributed by atoms with van der Waals surface area (Å²) in [5, 5.41) is 62.0. The topological polar surface area (TPSA) is 150 Å². The summed E-state index contributed by atoms with van der Waals surface area (Å²) in [6.07, 6.45) is -4.99. The number of piperidine rings is 1. The molecule has 6 rings (SSSR count). The van der Waals surface area contributed by atoms with Gasteiger partial charge in [-0.15, -0.1) is 0 Å². The molecule has 10 heteroatoms. The standard InChI is InChI=1S/C23H37NO9/c1-30-8-20-7-24-16-13-14(32-3)15(20)22(16,11(31-2)5-10(20)25)9-6-21(28)17(26)12(9)23(13,29)18(27)19(21)33-4/h9-19,24-29H,5-8H2,1-4H3/t9-,10-,11+,12-,13+,14+,15-,16-,17-,18+,19+,20+,21-,22+,23-/m1/s1. The lowest BCUT2D eigenvalue weighted by Gasteiger charge is -2.67. The number of fused-ring (bicyclic) bond motifs is 2. The van der Waals surface area contributed by atoms with Gasteiger partial charge in [0.1, 0.15) is 23.4 Å². The minimum atomic E-state index is -1.76. The maximum atomic E-state index is 12.4. The van der Waals surface area contributed by atoms with Crippen molar-refractivity contribution in [2.45, 2.75) is 66.7 Å². The molecule has 0 aromatic heterocycles. The van der Waals surface area contributed by atoms with Crippen molar-refractivity contribution >= 4 is 0 Å². The van der Waals surface area contributed by atoms with Gasteiger partial charge in [-0.2, -0.15) is 0 Å². The maximum Gasteiger partial charge on any atom is 0.120 e. The first-order valence-corrected chi connectivity index (χ1v) is 12.0. The summed E-state index contributed by atoms with van der Waals surface area (Å²) in [6.45, 7) is 0.755. The lowest BCUT2D eigenvalue weighted by Crippen LogP contribution is -2.80. The molecule has 0 aromatic carbocycles. The molecule has 1 aliphatic heterocycles. The predicted molar refractivity (Wildman–Crippen MR) is 112 cm³/mol. The van der Waals surface area contributed by atoms with E-state index in [1.54, 1.807) is 21.3 Å². The molecule has 10 nitrogen and oxygen atoms in total. The van der Waals surface area contributed by atoms with Crippen LogP contribution >= 0.6 is 0 Å². The van der Waals surface area contributed by atoms with Crippen LogP contribution in [0.15, 0.2) is 0 Å². The van der Waals surface area contributed by atoms with Gasteiger partial charge in [-0.25, -0.2) is 0 Å². The van der Waals surface area contributed by atoms with Crippen molar-refractivity contribution < 1.29 is 44.5 Å². The molecule has 1 heterocycles. The van der Waals surface area contributed by atoms with E-state index in [1.807, 2.05) is 0 Å². The van der Waals surface area contributed by atoms with Gasteiger partial charge < -0.3 is 49.8 Å². The predicted octanol–water partition coefficient (Wildman–Crippen LogP) is -2.52. The molecule has 0 amide bonds. The van der Waals surface area contributed by atoms with Crippen LogP contribution in [0.4, 0.5) is 0 Å². The van der Waals surface area contributed by atoms with Gasteiger partial charge in [-0.3, -0.25) is 0 Å². The van der Waals surface area contributed by atoms with Crippen LogP contribution in [-0.4, -0.2) is 121 Å². The summed E-state index contributed by atoms with van der Waals surface area (Å²) in [6, 6.07) is -0.305. The second-order valence-corrected chi connectivity index (χ2v) is 11.5. The van der Waals surface area contributed by atoms with Crippen LogP contribution in [0, 0.1) is 34.5 Å². The van der Waals surface area contributed by atoms with Gasteiger partial charge in [0.2, 0.25) is 0 Å². The number of rotatable bonds is 5. The summed E-state index contributed by atoms with van der Waals surface area (Å²) in [7, 11) is 6.21. The molecule has 0 radical (unpaired) electrons. The van der Waals surface area contributed by atoms with Gasteiger partial charge in [0, 0.05) is 76.0 Å². The quantitative estimate of drug-likeness (QED) is 0.254. The minimum Gasteiger partial charge on any atom is -0.392 e. The summed E-state index contributed by atoms with van der Waals surface area (Å²) >= 11 is 0. The lowest BCUT2D eigenvalue weighted by atomic mass is 9.43. The fraction of sp³-hybridized carbons (Fsp3) is 1.00. The van der Waals surface area contributed by atoms with Gasteiger partial charge in [0.25, 0.3) is 0 Å². The first kappa shape index (κ1) is 23.0. The Hall–Kier alpha value is -0.400. The first-order chi connectivity index (χ1) is 15.7. The van der Waals surface area contributed by atoms with Crippen molar-refractivity contribution in [2.24, 2.45) is 34.5 Å². The normalized spacial score (nSPS) is 64.8. The van der Waals surface area contributed by atoms with E-state index in [9.17, 15) is 25.5 Å². The van der Waals surface area contributed by atoms with Gasteiger partial charge in [0.05, 0.1) is 31.0 Å². The molecular weight excluding hydrogens is 434 g/mol. The van der Waals surface area contributed by atoms with Crippen LogP contribution in [0.25, 0.3) is 0 Å². The molecule has 0 aromatic rings. The highest BCUT2D eigenvalue weighted by molar-refractivity contribution is 5.39. The number of methoxy groups -OCH3 is 4. The second kappa shape index (κ2) is 6.88. The zero-order valence-corrected chi connectivity index (χ0v) is 19.5. The van der Waals surface area contributed by atoms with Crippen molar-refractivity contribution in [3.8, 4) is 0 Å². The Morgan fingerprint density at radius 3 is 2.27 bits per heavy atom. The van der Waals surface area contributed by atoms with E-state index < -0.39 is 76.4 Å². The summed E-state index contributed by atoms with van der Waals surface area (Å²) in [5.74, 6) is -2.08. The Balaban J connectivity index is 1.65. The highest BCUT2D eigenvalue weighted by Crippen LogP contribution is 2.78. The Morgan fingerprint density at radius 1 is 0.939 bits per heavy atom. The Bertz CT molecular complexity index is 832. The molecule has 188 valence electrons. The zero-order valence-electron chi connectivity index (χ0n) is 19.5. The van der Waals surface area contributed by atoms with Crippen LogP contribution in [-0.2, 0) is 18.9 Å². The molecule has 5 aliphatic carbocycles. The van der Waals surface area contributed by atoms with E-state index in [2.05, 4.69) is 5.32 Å². The molecule has 33 heavy (non-hydrogen) atoms. The number of hydrogen-bond acceptors (Lipinski definition) is 10. The third-order valence-corrected chi connectivity index (χ3v) is 11.1. The number of aliphatic hydroxyl groups is 5. The number of aliphatic hydroxyl groups excluding tert-OH is 3. The average molecular weight is 472 g/mol. The van der Waals surface area contributed by atoms with Crippen molar-refractivity contribution in [1.82, 2.24) is 5.32 Å². The van der Waals surface area contributed by atoms with Crippen molar-refractivity contribution in [1.29, 1.82) is 0 Å². The van der Waals surface area contributed by atoms with Crippen LogP contribution in [0.5, 0.6) is 0 Å². The molecule has 7 bridgehead atoms. The molecule has 0 unspecified atom stereocenters. The van der Waals surface area contributed by atoms with Crippen LogP contribution in [0.2, 0.25) is 0 Å². The van der Waals surface area contributed by atoms with Crippen molar-refractivity contribution in [2.75, 3.05) is 41.6 Å². The molecular formula is C23H37NO9. The average Bonchev–Trinajstić information content (AvgIpc) is 3.12.